The number of nitrogens with zero attached hydrogens (tertiary/aromatic N) is 1. The van der Waals surface area contributed by atoms with E-state index in [1.807, 2.05) is 6.92 Å². The lowest BCUT2D eigenvalue weighted by Crippen LogP contribution is -2.31. The van der Waals surface area contributed by atoms with Gasteiger partial charge in [-0.2, -0.15) is 0 Å². The molecule has 0 aliphatic carbocycles. The number of aryl methyl sites for hydroxylation is 1. The molecule has 3 rings (SSSR count). The Balaban J connectivity index is 1.97. The third-order valence-electron chi connectivity index (χ3n) is 4.60. The maximum Gasteiger partial charge on any atom is 0.337 e. The van der Waals surface area contributed by atoms with Crippen LogP contribution in [-0.4, -0.2) is 27.8 Å². The zero-order chi connectivity index (χ0) is 24.0. The van der Waals surface area contributed by atoms with Gasteiger partial charge >= 0.3 is 5.97 Å². The molecule has 0 heterocycles. The average molecular weight is 445 g/mol. The van der Waals surface area contributed by atoms with Gasteiger partial charge < -0.3 is 15.7 Å². The number of non-ortho nitro benzene ring substituents is 1. The lowest BCUT2D eigenvalue weighted by molar-refractivity contribution is -0.384. The summed E-state index contributed by atoms with van der Waals surface area (Å²) in [6.45, 7) is 1.86. The number of carbonyl (C=O) groups excluding carboxylic acids is 2. The number of aromatic carboxylic acids is 1. The molecule has 3 aromatic rings. The van der Waals surface area contributed by atoms with Gasteiger partial charge in [0.15, 0.2) is 0 Å². The fraction of sp³-hybridized carbons (Fsp3) is 0.0417. The van der Waals surface area contributed by atoms with Crippen molar-refractivity contribution in [3.8, 4) is 0 Å². The molecule has 33 heavy (non-hydrogen) atoms. The Hall–Kier alpha value is -4.79. The molecule has 3 N–H and O–H groups in total. The van der Waals surface area contributed by atoms with E-state index in [-0.39, 0.29) is 22.6 Å². The second-order valence-corrected chi connectivity index (χ2v) is 7.04. The smallest absolute Gasteiger partial charge is 0.337 e. The van der Waals surface area contributed by atoms with Crippen molar-refractivity contribution in [2.75, 3.05) is 5.32 Å². The normalized spacial score (nSPS) is 10.9. The van der Waals surface area contributed by atoms with Crippen LogP contribution >= 0.6 is 0 Å². The quantitative estimate of drug-likeness (QED) is 0.285. The highest BCUT2D eigenvalue weighted by Crippen LogP contribution is 2.18. The number of para-hydroxylation sites is 1. The lowest BCUT2D eigenvalue weighted by atomic mass is 10.1. The van der Waals surface area contributed by atoms with Crippen molar-refractivity contribution in [3.05, 3.63) is 111 Å². The number of amides is 2. The summed E-state index contributed by atoms with van der Waals surface area (Å²) in [5.74, 6) is -2.61. The first-order valence-corrected chi connectivity index (χ1v) is 9.72. The molecule has 0 radical (unpaired) electrons. The lowest BCUT2D eigenvalue weighted by Gasteiger charge is -2.13. The van der Waals surface area contributed by atoms with Gasteiger partial charge in [0, 0.05) is 17.7 Å². The zero-order valence-corrected chi connectivity index (χ0v) is 17.4. The number of hydrogen-bond acceptors (Lipinski definition) is 5. The summed E-state index contributed by atoms with van der Waals surface area (Å²) in [4.78, 5) is 47.7. The van der Waals surface area contributed by atoms with E-state index in [0.717, 1.165) is 5.56 Å². The molecule has 0 saturated carbocycles. The number of nitro groups is 1. The minimum Gasteiger partial charge on any atom is -0.478 e. The highest BCUT2D eigenvalue weighted by Gasteiger charge is 2.18. The van der Waals surface area contributed by atoms with Gasteiger partial charge in [0.1, 0.15) is 5.70 Å². The SMILES string of the molecule is Cc1ccc(C(=O)N/C(=C\c2cccc([N+](=O)[O-])c2)C(=O)Nc2ccccc2C(=O)O)cc1. The number of rotatable bonds is 7. The summed E-state index contributed by atoms with van der Waals surface area (Å²) >= 11 is 0. The maximum atomic E-state index is 13.0. The van der Waals surface area contributed by atoms with Gasteiger partial charge in [-0.1, -0.05) is 42.0 Å². The van der Waals surface area contributed by atoms with Crippen LogP contribution in [0.2, 0.25) is 0 Å². The van der Waals surface area contributed by atoms with Crippen LogP contribution in [0.1, 0.15) is 31.8 Å². The Labute approximate surface area is 188 Å². The Morgan fingerprint density at radius 1 is 0.970 bits per heavy atom. The maximum absolute atomic E-state index is 13.0. The molecule has 0 fully saturated rings. The summed E-state index contributed by atoms with van der Waals surface area (Å²) in [6, 6.07) is 18.0. The highest BCUT2D eigenvalue weighted by atomic mass is 16.6. The number of carboxylic acid groups (broad SMARTS) is 1. The molecule has 0 saturated heterocycles. The fourth-order valence-electron chi connectivity index (χ4n) is 2.92. The van der Waals surface area contributed by atoms with Gasteiger partial charge in [0.2, 0.25) is 0 Å². The van der Waals surface area contributed by atoms with Crippen molar-refractivity contribution in [1.82, 2.24) is 5.32 Å². The molecule has 0 atom stereocenters. The first-order chi connectivity index (χ1) is 15.7. The molecule has 9 nitrogen and oxygen atoms in total. The standard InChI is InChI=1S/C24H19N3O6/c1-15-9-11-17(12-10-15)22(28)26-21(14-16-5-4-6-18(13-16)27(32)33)23(29)25-20-8-3-2-7-19(20)24(30)31/h2-14H,1H3,(H,25,29)(H,26,28)(H,30,31)/b21-14-. The predicted molar refractivity (Wildman–Crippen MR) is 122 cm³/mol. The second-order valence-electron chi connectivity index (χ2n) is 7.04. The van der Waals surface area contributed by atoms with Gasteiger partial charge in [0.05, 0.1) is 16.2 Å². The predicted octanol–water partition coefficient (Wildman–Crippen LogP) is 4.01. The molecule has 0 bridgehead atoms. The van der Waals surface area contributed by atoms with Crippen molar-refractivity contribution in [1.29, 1.82) is 0 Å². The van der Waals surface area contributed by atoms with Gasteiger partial charge in [-0.15, -0.1) is 0 Å². The minimum absolute atomic E-state index is 0.0320. The van der Waals surface area contributed by atoms with E-state index in [9.17, 15) is 29.6 Å². The van der Waals surface area contributed by atoms with Crippen molar-refractivity contribution in [2.45, 2.75) is 6.92 Å². The summed E-state index contributed by atoms with van der Waals surface area (Å²) in [6.07, 6.45) is 1.28. The number of carbonyl (C=O) groups is 3. The third kappa shape index (κ3) is 5.88. The van der Waals surface area contributed by atoms with Crippen LogP contribution in [0.15, 0.2) is 78.5 Å². The van der Waals surface area contributed by atoms with E-state index in [0.29, 0.717) is 11.1 Å². The van der Waals surface area contributed by atoms with Gasteiger partial charge in [-0.3, -0.25) is 19.7 Å². The number of anilines is 1. The monoisotopic (exact) mass is 445 g/mol. The number of carboxylic acids is 1. The molecule has 3 aromatic carbocycles. The van der Waals surface area contributed by atoms with Crippen molar-refractivity contribution < 1.29 is 24.4 Å². The van der Waals surface area contributed by atoms with E-state index in [1.165, 1.54) is 48.5 Å². The number of benzene rings is 3. The van der Waals surface area contributed by atoms with Crippen LogP contribution in [-0.2, 0) is 4.79 Å². The molecule has 0 spiro atoms. The molecule has 166 valence electrons. The average Bonchev–Trinajstić information content (AvgIpc) is 2.79. The van der Waals surface area contributed by atoms with Crippen LogP contribution < -0.4 is 10.6 Å². The molecule has 0 aliphatic rings. The van der Waals surface area contributed by atoms with E-state index in [4.69, 9.17) is 0 Å². The molecule has 9 heteroatoms. The van der Waals surface area contributed by atoms with Crippen LogP contribution in [0, 0.1) is 17.0 Å². The summed E-state index contributed by atoms with van der Waals surface area (Å²) in [5, 5.41) is 25.4. The van der Waals surface area contributed by atoms with E-state index >= 15 is 0 Å². The zero-order valence-electron chi connectivity index (χ0n) is 17.4. The highest BCUT2D eigenvalue weighted by molar-refractivity contribution is 6.12. The van der Waals surface area contributed by atoms with Crippen LogP contribution in [0.25, 0.3) is 6.08 Å². The Morgan fingerprint density at radius 3 is 2.33 bits per heavy atom. The van der Waals surface area contributed by atoms with Gasteiger partial charge in [-0.25, -0.2) is 4.79 Å². The molecule has 0 unspecified atom stereocenters. The van der Waals surface area contributed by atoms with Crippen LogP contribution in [0.4, 0.5) is 11.4 Å². The van der Waals surface area contributed by atoms with Crippen molar-refractivity contribution >= 4 is 35.2 Å². The molecule has 2 amide bonds. The Kier molecular flexibility index (Phi) is 6.94. The first-order valence-electron chi connectivity index (χ1n) is 9.72. The van der Waals surface area contributed by atoms with E-state index < -0.39 is 22.7 Å². The van der Waals surface area contributed by atoms with Crippen LogP contribution in [0.3, 0.4) is 0 Å². The Bertz CT molecular complexity index is 1270. The number of nitro benzene ring substituents is 1. The third-order valence-corrected chi connectivity index (χ3v) is 4.60. The summed E-state index contributed by atoms with van der Waals surface area (Å²) < 4.78 is 0. The topological polar surface area (TPSA) is 139 Å². The number of hydrogen-bond donors (Lipinski definition) is 3. The molecular weight excluding hydrogens is 426 g/mol. The Morgan fingerprint density at radius 2 is 1.67 bits per heavy atom. The van der Waals surface area contributed by atoms with Gasteiger partial charge in [-0.05, 0) is 42.8 Å². The van der Waals surface area contributed by atoms with Crippen LogP contribution in [0.5, 0.6) is 0 Å². The molecular formula is C24H19N3O6. The summed E-state index contributed by atoms with van der Waals surface area (Å²) in [5.41, 5.74) is 1.03. The van der Waals surface area contributed by atoms with E-state index in [2.05, 4.69) is 10.6 Å². The first kappa shape index (κ1) is 22.9. The summed E-state index contributed by atoms with van der Waals surface area (Å²) in [7, 11) is 0. The second kappa shape index (κ2) is 10.0. The molecule has 0 aliphatic heterocycles. The van der Waals surface area contributed by atoms with Crippen molar-refractivity contribution in [3.63, 3.8) is 0 Å². The molecule has 0 aromatic heterocycles. The van der Waals surface area contributed by atoms with Crippen molar-refractivity contribution in [2.24, 2.45) is 0 Å². The van der Waals surface area contributed by atoms with Gasteiger partial charge in [0.25, 0.3) is 17.5 Å². The largest absolute Gasteiger partial charge is 0.478 e. The fourth-order valence-corrected chi connectivity index (χ4v) is 2.92. The van der Waals surface area contributed by atoms with E-state index in [1.54, 1.807) is 30.3 Å². The minimum atomic E-state index is -1.24. The number of nitrogens with one attached hydrogen (secondary N) is 2.